The Balaban J connectivity index is 1.17. The second-order valence-electron chi connectivity index (χ2n) is 13.8. The van der Waals surface area contributed by atoms with Crippen molar-refractivity contribution < 1.29 is 9.53 Å². The summed E-state index contributed by atoms with van der Waals surface area (Å²) in [6.45, 7) is 12.2. The number of ether oxygens (including phenoxy) is 1. The number of anilines is 2. The summed E-state index contributed by atoms with van der Waals surface area (Å²) in [6, 6.07) is 22.5. The lowest BCUT2D eigenvalue weighted by Gasteiger charge is -2.28. The number of likely N-dealkylation sites (tertiary alicyclic amines) is 2. The van der Waals surface area contributed by atoms with E-state index in [1.807, 2.05) is 30.5 Å². The molecule has 7 nitrogen and oxygen atoms in total. The van der Waals surface area contributed by atoms with Gasteiger partial charge in [0.15, 0.2) is 0 Å². The van der Waals surface area contributed by atoms with Gasteiger partial charge in [0.1, 0.15) is 6.10 Å². The lowest BCUT2D eigenvalue weighted by Crippen LogP contribution is -2.35. The van der Waals surface area contributed by atoms with Crippen molar-refractivity contribution in [1.82, 2.24) is 14.8 Å². The Morgan fingerprint density at radius 2 is 1.67 bits per heavy atom. The quantitative estimate of drug-likeness (QED) is 0.213. The Hall–Kier alpha value is -3.94. The van der Waals surface area contributed by atoms with Crippen molar-refractivity contribution in [3.63, 3.8) is 0 Å². The first-order valence-electron chi connectivity index (χ1n) is 16.5. The van der Waals surface area contributed by atoms with Gasteiger partial charge >= 0.3 is 6.03 Å². The van der Waals surface area contributed by atoms with Crippen LogP contribution in [0.1, 0.15) is 57.6 Å². The molecule has 3 heterocycles. The lowest BCUT2D eigenvalue weighted by atomic mass is 9.85. The van der Waals surface area contributed by atoms with Crippen molar-refractivity contribution in [2.24, 2.45) is 0 Å². The van der Waals surface area contributed by atoms with Crippen molar-refractivity contribution in [2.45, 2.75) is 64.4 Å². The van der Waals surface area contributed by atoms with E-state index in [1.54, 1.807) is 0 Å². The third-order valence-corrected chi connectivity index (χ3v) is 9.20. The average Bonchev–Trinajstić information content (AvgIpc) is 3.55. The van der Waals surface area contributed by atoms with Crippen LogP contribution in [0.5, 0.6) is 5.88 Å². The maximum Gasteiger partial charge on any atom is 0.323 e. The van der Waals surface area contributed by atoms with Gasteiger partial charge in [0.05, 0.1) is 5.69 Å². The van der Waals surface area contributed by atoms with E-state index in [4.69, 9.17) is 4.74 Å². The molecule has 7 heteroatoms. The minimum atomic E-state index is -0.249. The monoisotopic (exact) mass is 605 g/mol. The molecule has 0 unspecified atom stereocenters. The number of hydrogen-bond acceptors (Lipinski definition) is 5. The number of nitrogens with zero attached hydrogens (tertiary/aromatic N) is 3. The van der Waals surface area contributed by atoms with Gasteiger partial charge in [-0.1, -0.05) is 57.2 Å². The van der Waals surface area contributed by atoms with E-state index >= 15 is 0 Å². The first kappa shape index (κ1) is 31.1. The Kier molecular flexibility index (Phi) is 9.38. The second kappa shape index (κ2) is 13.6. The molecule has 0 aliphatic carbocycles. The zero-order valence-corrected chi connectivity index (χ0v) is 27.2. The Morgan fingerprint density at radius 1 is 0.911 bits per heavy atom. The summed E-state index contributed by atoms with van der Waals surface area (Å²) >= 11 is 0. The molecule has 2 aliphatic rings. The molecule has 0 bridgehead atoms. The van der Waals surface area contributed by atoms with E-state index in [-0.39, 0.29) is 17.6 Å². The molecule has 4 aromatic rings. The maximum atomic E-state index is 13.4. The van der Waals surface area contributed by atoms with E-state index in [1.165, 1.54) is 37.1 Å². The fourth-order valence-electron chi connectivity index (χ4n) is 6.46. The highest BCUT2D eigenvalue weighted by molar-refractivity contribution is 6.09. The highest BCUT2D eigenvalue weighted by Gasteiger charge is 2.20. The number of hydrogen-bond donors (Lipinski definition) is 2. The summed E-state index contributed by atoms with van der Waals surface area (Å²) in [6.07, 6.45) is 7.71. The van der Waals surface area contributed by atoms with Crippen LogP contribution in [-0.4, -0.2) is 66.7 Å². The molecule has 45 heavy (non-hydrogen) atoms. The average molecular weight is 606 g/mol. The largest absolute Gasteiger partial charge is 0.474 e. The molecule has 0 spiro atoms. The number of amides is 2. The first-order chi connectivity index (χ1) is 21.7. The first-order valence-corrected chi connectivity index (χ1v) is 16.5. The molecule has 2 fully saturated rings. The number of pyridine rings is 1. The smallest absolute Gasteiger partial charge is 0.323 e. The fraction of sp³-hybridized carbons (Fsp3) is 0.421. The molecule has 2 saturated heterocycles. The fourth-order valence-corrected chi connectivity index (χ4v) is 6.46. The van der Waals surface area contributed by atoms with Crippen molar-refractivity contribution in [3.05, 3.63) is 84.1 Å². The predicted molar refractivity (Wildman–Crippen MR) is 185 cm³/mol. The molecule has 0 radical (unpaired) electrons. The lowest BCUT2D eigenvalue weighted by molar-refractivity contribution is 0.110. The highest BCUT2D eigenvalue weighted by atomic mass is 16.5. The van der Waals surface area contributed by atoms with Gasteiger partial charge in [-0.2, -0.15) is 0 Å². The van der Waals surface area contributed by atoms with E-state index in [9.17, 15) is 4.79 Å². The van der Waals surface area contributed by atoms with Gasteiger partial charge in [-0.25, -0.2) is 9.78 Å². The summed E-state index contributed by atoms with van der Waals surface area (Å²) in [5.41, 5.74) is 6.14. The number of urea groups is 1. The molecular formula is C38H47N5O2. The van der Waals surface area contributed by atoms with Gasteiger partial charge in [0.2, 0.25) is 5.88 Å². The molecule has 2 aliphatic heterocycles. The highest BCUT2D eigenvalue weighted by Crippen LogP contribution is 2.34. The van der Waals surface area contributed by atoms with E-state index in [0.717, 1.165) is 72.2 Å². The maximum absolute atomic E-state index is 13.4. The van der Waals surface area contributed by atoms with Crippen molar-refractivity contribution >= 4 is 28.2 Å². The van der Waals surface area contributed by atoms with Crippen molar-refractivity contribution in [1.29, 1.82) is 0 Å². The van der Waals surface area contributed by atoms with Gasteiger partial charge in [-0.3, -0.25) is 0 Å². The Bertz CT molecular complexity index is 1610. The molecule has 236 valence electrons. The van der Waals surface area contributed by atoms with Crippen LogP contribution in [0.3, 0.4) is 0 Å². The number of aromatic nitrogens is 1. The van der Waals surface area contributed by atoms with E-state index < -0.39 is 0 Å². The third kappa shape index (κ3) is 7.84. The van der Waals surface area contributed by atoms with Crippen molar-refractivity contribution in [2.75, 3.05) is 50.4 Å². The van der Waals surface area contributed by atoms with Crippen molar-refractivity contribution in [3.8, 4) is 17.0 Å². The molecule has 0 saturated carbocycles. The standard InChI is InChI=1S/C38H47N5O2/c1-38(2,3)29-23-27(15-22-43-18-7-8-19-43)24-30(25-29)40-37(44)41-35-13-12-32(33-9-5-6-10-34(33)35)28-11-14-36(39-26-28)45-31-16-20-42(4)21-17-31/h5-6,9-14,23-26,31H,7-8,15-22H2,1-4H3,(H2,40,41,44). The number of nitrogens with one attached hydrogen (secondary N) is 2. The second-order valence-corrected chi connectivity index (χ2v) is 13.8. The van der Waals surface area contributed by atoms with Crippen LogP contribution < -0.4 is 15.4 Å². The molecule has 6 rings (SSSR count). The molecule has 0 atom stereocenters. The SMILES string of the molecule is CN1CCC(Oc2ccc(-c3ccc(NC(=O)Nc4cc(CCN5CCCC5)cc(C(C)(C)C)c4)c4ccccc34)cn2)CC1. The molecule has 2 amide bonds. The topological polar surface area (TPSA) is 69.7 Å². The number of carbonyl (C=O) groups excluding carboxylic acids is 1. The van der Waals surface area contributed by atoms with Crippen LogP contribution in [-0.2, 0) is 11.8 Å². The van der Waals surface area contributed by atoms with Crippen LogP contribution in [0.2, 0.25) is 0 Å². The minimum absolute atomic E-state index is 0.0192. The number of carbonyl (C=O) groups is 1. The van der Waals surface area contributed by atoms with Gasteiger partial charge in [-0.15, -0.1) is 0 Å². The number of piperidine rings is 1. The van der Waals surface area contributed by atoms with Crippen LogP contribution in [0.4, 0.5) is 16.2 Å². The summed E-state index contributed by atoms with van der Waals surface area (Å²) < 4.78 is 6.17. The molecule has 3 aromatic carbocycles. The summed E-state index contributed by atoms with van der Waals surface area (Å²) in [5.74, 6) is 0.669. The predicted octanol–water partition coefficient (Wildman–Crippen LogP) is 7.95. The third-order valence-electron chi connectivity index (χ3n) is 9.20. The van der Waals surface area contributed by atoms with Crippen LogP contribution in [0.25, 0.3) is 21.9 Å². The summed E-state index contributed by atoms with van der Waals surface area (Å²) in [5, 5.41) is 8.29. The Morgan fingerprint density at radius 3 is 2.38 bits per heavy atom. The number of rotatable bonds is 8. The zero-order chi connectivity index (χ0) is 31.4. The minimum Gasteiger partial charge on any atom is -0.474 e. The van der Waals surface area contributed by atoms with Gasteiger partial charge in [-0.05, 0) is 104 Å². The molecule has 1 aromatic heterocycles. The zero-order valence-electron chi connectivity index (χ0n) is 27.2. The number of benzene rings is 3. The summed E-state index contributed by atoms with van der Waals surface area (Å²) in [7, 11) is 2.15. The van der Waals surface area contributed by atoms with Gasteiger partial charge in [0, 0.05) is 48.5 Å². The van der Waals surface area contributed by atoms with Crippen LogP contribution in [0.15, 0.2) is 72.9 Å². The van der Waals surface area contributed by atoms with Crippen LogP contribution >= 0.6 is 0 Å². The molecular weight excluding hydrogens is 558 g/mol. The van der Waals surface area contributed by atoms with Crippen LogP contribution in [0, 0.1) is 0 Å². The van der Waals surface area contributed by atoms with Gasteiger partial charge in [0.25, 0.3) is 0 Å². The van der Waals surface area contributed by atoms with Gasteiger partial charge < -0.3 is 25.2 Å². The summed E-state index contributed by atoms with van der Waals surface area (Å²) in [4.78, 5) is 22.9. The number of fused-ring (bicyclic) bond motifs is 1. The van der Waals surface area contributed by atoms with E-state index in [2.05, 4.69) is 95.7 Å². The molecule has 2 N–H and O–H groups in total. The Labute approximate surface area is 268 Å². The normalized spacial score (nSPS) is 16.6. The van der Waals surface area contributed by atoms with E-state index in [0.29, 0.717) is 5.88 Å².